The third kappa shape index (κ3) is 20.4. The van der Waals surface area contributed by atoms with Crippen molar-refractivity contribution >= 4 is 9.76 Å². The third-order valence-corrected chi connectivity index (χ3v) is 7.11. The molecule has 0 heterocycles. The van der Waals surface area contributed by atoms with Gasteiger partial charge in [-0.1, -0.05) is 84.0 Å². The van der Waals surface area contributed by atoms with E-state index in [9.17, 15) is 0 Å². The van der Waals surface area contributed by atoms with E-state index in [4.69, 9.17) is 4.43 Å². The smallest absolute Gasteiger partial charge is 0.161 e. The standard InChI is InChI=1S/C23H52NOSi/c1-5-7-8-9-10-11-12-13-14-15-16-17-18-19-21-24(3,4)22-20-23-26-25-6-2/h5-23,26H2,1-4H3/q+1. The molecule has 0 aliphatic rings. The summed E-state index contributed by atoms with van der Waals surface area (Å²) in [5, 5.41) is 0. The minimum absolute atomic E-state index is 0.214. The van der Waals surface area contributed by atoms with Gasteiger partial charge in [0.15, 0.2) is 9.76 Å². The zero-order valence-electron chi connectivity index (χ0n) is 19.0. The lowest BCUT2D eigenvalue weighted by atomic mass is 10.0. The van der Waals surface area contributed by atoms with E-state index in [1.807, 2.05) is 0 Å². The van der Waals surface area contributed by atoms with Gasteiger partial charge in [0.25, 0.3) is 0 Å². The Balaban J connectivity index is 3.24. The highest BCUT2D eigenvalue weighted by Gasteiger charge is 2.13. The van der Waals surface area contributed by atoms with Crippen molar-refractivity contribution in [2.45, 2.75) is 116 Å². The molecule has 158 valence electrons. The Hall–Kier alpha value is 0.137. The van der Waals surface area contributed by atoms with E-state index < -0.39 is 0 Å². The average molecular weight is 387 g/mol. The molecule has 0 atom stereocenters. The molecule has 0 aromatic carbocycles. The van der Waals surface area contributed by atoms with Crippen molar-refractivity contribution in [2.75, 3.05) is 33.8 Å². The van der Waals surface area contributed by atoms with Gasteiger partial charge in [-0.2, -0.15) is 0 Å². The molecule has 0 saturated carbocycles. The molecule has 0 saturated heterocycles. The SMILES string of the molecule is CCCCCCCCCCCCCCCC[N+](C)(C)CCC[SiH2]OCC. The Bertz CT molecular complexity index is 271. The Morgan fingerprint density at radius 2 is 1.00 bits per heavy atom. The van der Waals surface area contributed by atoms with Crippen molar-refractivity contribution in [3.8, 4) is 0 Å². The van der Waals surface area contributed by atoms with Gasteiger partial charge in [-0.3, -0.25) is 0 Å². The van der Waals surface area contributed by atoms with Gasteiger partial charge in [0.05, 0.1) is 27.2 Å². The fourth-order valence-corrected chi connectivity index (χ4v) is 4.66. The van der Waals surface area contributed by atoms with Crippen LogP contribution < -0.4 is 0 Å². The van der Waals surface area contributed by atoms with Crippen molar-refractivity contribution < 1.29 is 8.91 Å². The van der Waals surface area contributed by atoms with Crippen LogP contribution in [-0.4, -0.2) is 48.0 Å². The number of quaternary nitrogens is 1. The fourth-order valence-electron chi connectivity index (χ4n) is 3.73. The summed E-state index contributed by atoms with van der Waals surface area (Å²) in [6.07, 6.45) is 21.7. The summed E-state index contributed by atoms with van der Waals surface area (Å²) in [6.45, 7) is 8.02. The molecule has 0 aliphatic carbocycles. The largest absolute Gasteiger partial charge is 0.424 e. The first-order valence-corrected chi connectivity index (χ1v) is 13.6. The summed E-state index contributed by atoms with van der Waals surface area (Å²) >= 11 is 0. The number of rotatable bonds is 21. The molecule has 0 radical (unpaired) electrons. The van der Waals surface area contributed by atoms with Crippen molar-refractivity contribution in [1.82, 2.24) is 0 Å². The molecule has 3 heteroatoms. The third-order valence-electron chi connectivity index (χ3n) is 5.62. The quantitative estimate of drug-likeness (QED) is 0.125. The minimum atomic E-state index is -0.214. The van der Waals surface area contributed by atoms with E-state index >= 15 is 0 Å². The molecule has 0 N–H and O–H groups in total. The van der Waals surface area contributed by atoms with Crippen LogP contribution in [0, 0.1) is 0 Å². The van der Waals surface area contributed by atoms with Crippen molar-refractivity contribution in [2.24, 2.45) is 0 Å². The maximum atomic E-state index is 5.57. The zero-order valence-corrected chi connectivity index (χ0v) is 20.4. The van der Waals surface area contributed by atoms with Gasteiger partial charge in [0.1, 0.15) is 0 Å². The summed E-state index contributed by atoms with van der Waals surface area (Å²) in [7, 11) is 4.60. The summed E-state index contributed by atoms with van der Waals surface area (Å²) in [4.78, 5) is 0. The molecule has 0 spiro atoms. The Morgan fingerprint density at radius 1 is 0.577 bits per heavy atom. The highest BCUT2D eigenvalue weighted by molar-refractivity contribution is 6.26. The highest BCUT2D eigenvalue weighted by Crippen LogP contribution is 2.13. The van der Waals surface area contributed by atoms with E-state index in [0.717, 1.165) is 6.61 Å². The molecule has 0 aliphatic heterocycles. The van der Waals surface area contributed by atoms with Gasteiger partial charge < -0.3 is 8.91 Å². The van der Waals surface area contributed by atoms with E-state index in [-0.39, 0.29) is 9.76 Å². The van der Waals surface area contributed by atoms with E-state index in [1.54, 1.807) is 0 Å². The lowest BCUT2D eigenvalue weighted by molar-refractivity contribution is -0.890. The number of nitrogens with zero attached hydrogens (tertiary/aromatic N) is 1. The first-order valence-electron chi connectivity index (χ1n) is 12.0. The molecule has 0 aromatic heterocycles. The summed E-state index contributed by atoms with van der Waals surface area (Å²) in [5.41, 5.74) is 0. The normalized spacial score (nSPS) is 12.5. The first-order chi connectivity index (χ1) is 12.6. The van der Waals surface area contributed by atoms with Crippen molar-refractivity contribution in [3.63, 3.8) is 0 Å². The van der Waals surface area contributed by atoms with Gasteiger partial charge >= 0.3 is 0 Å². The Kier molecular flexibility index (Phi) is 20.0. The second-order valence-corrected chi connectivity index (χ2v) is 10.4. The van der Waals surface area contributed by atoms with Crippen LogP contribution in [0.3, 0.4) is 0 Å². The molecule has 26 heavy (non-hydrogen) atoms. The summed E-state index contributed by atoms with van der Waals surface area (Å²) in [6, 6.07) is 1.36. The van der Waals surface area contributed by atoms with Crippen molar-refractivity contribution in [3.05, 3.63) is 0 Å². The van der Waals surface area contributed by atoms with Crippen LogP contribution in [0.2, 0.25) is 6.04 Å². The maximum Gasteiger partial charge on any atom is 0.161 e. The monoisotopic (exact) mass is 386 g/mol. The highest BCUT2D eigenvalue weighted by atomic mass is 28.2. The van der Waals surface area contributed by atoms with Crippen LogP contribution in [0.1, 0.15) is 110 Å². The maximum absolute atomic E-state index is 5.57. The summed E-state index contributed by atoms with van der Waals surface area (Å²) < 4.78 is 6.77. The van der Waals surface area contributed by atoms with Crippen molar-refractivity contribution in [1.29, 1.82) is 0 Å². The topological polar surface area (TPSA) is 9.23 Å². The first kappa shape index (κ1) is 26.1. The molecule has 0 fully saturated rings. The zero-order chi connectivity index (χ0) is 19.3. The van der Waals surface area contributed by atoms with Crippen LogP contribution in [0.25, 0.3) is 0 Å². The average Bonchev–Trinajstić information content (AvgIpc) is 2.61. The van der Waals surface area contributed by atoms with Crippen LogP contribution in [0.15, 0.2) is 0 Å². The molecular weight excluding hydrogens is 334 g/mol. The van der Waals surface area contributed by atoms with E-state index in [2.05, 4.69) is 27.9 Å². The lowest BCUT2D eigenvalue weighted by Crippen LogP contribution is -2.41. The van der Waals surface area contributed by atoms with Crippen LogP contribution >= 0.6 is 0 Å². The van der Waals surface area contributed by atoms with Crippen LogP contribution in [0.5, 0.6) is 0 Å². The van der Waals surface area contributed by atoms with Crippen LogP contribution in [-0.2, 0) is 4.43 Å². The van der Waals surface area contributed by atoms with Gasteiger partial charge in [-0.05, 0) is 32.2 Å². The predicted octanol–water partition coefficient (Wildman–Crippen LogP) is 6.47. The van der Waals surface area contributed by atoms with Gasteiger partial charge in [-0.25, -0.2) is 0 Å². The number of hydrogen-bond donors (Lipinski definition) is 0. The predicted molar refractivity (Wildman–Crippen MR) is 122 cm³/mol. The molecule has 0 aromatic rings. The van der Waals surface area contributed by atoms with E-state index in [0.29, 0.717) is 0 Å². The Labute approximate surface area is 169 Å². The van der Waals surface area contributed by atoms with Gasteiger partial charge in [0.2, 0.25) is 0 Å². The molecule has 0 bridgehead atoms. The second-order valence-electron chi connectivity index (χ2n) is 8.88. The molecule has 0 unspecified atom stereocenters. The Morgan fingerprint density at radius 3 is 1.46 bits per heavy atom. The summed E-state index contributed by atoms with van der Waals surface area (Å²) in [5.74, 6) is 0. The van der Waals surface area contributed by atoms with E-state index in [1.165, 1.54) is 120 Å². The number of hydrogen-bond acceptors (Lipinski definition) is 1. The second kappa shape index (κ2) is 19.9. The minimum Gasteiger partial charge on any atom is -0.424 e. The lowest BCUT2D eigenvalue weighted by Gasteiger charge is -2.30. The van der Waals surface area contributed by atoms with Crippen LogP contribution in [0.4, 0.5) is 0 Å². The molecule has 0 rings (SSSR count). The molecule has 0 amide bonds. The molecular formula is C23H52NOSi+. The van der Waals surface area contributed by atoms with Gasteiger partial charge in [0, 0.05) is 6.61 Å². The molecule has 2 nitrogen and oxygen atoms in total. The fraction of sp³-hybridized carbons (Fsp3) is 1.00. The van der Waals surface area contributed by atoms with Gasteiger partial charge in [-0.15, -0.1) is 0 Å². The number of unbranched alkanes of at least 4 members (excludes halogenated alkanes) is 13.